The van der Waals surface area contributed by atoms with Crippen LogP contribution in [-0.4, -0.2) is 35.5 Å². The topological polar surface area (TPSA) is 59.8 Å². The van der Waals surface area contributed by atoms with Gasteiger partial charge in [0, 0.05) is 25.9 Å². The highest BCUT2D eigenvalue weighted by Gasteiger charge is 2.22. The quantitative estimate of drug-likeness (QED) is 0.580. The van der Waals surface area contributed by atoms with Crippen molar-refractivity contribution >= 4 is 11.9 Å². The molecule has 1 heterocycles. The normalized spacial score (nSPS) is 11.3. The Morgan fingerprint density at radius 3 is 2.36 bits per heavy atom. The van der Waals surface area contributed by atoms with Crippen molar-refractivity contribution in [1.29, 1.82) is 0 Å². The van der Waals surface area contributed by atoms with Gasteiger partial charge in [0.25, 0.3) is 0 Å². The zero-order chi connectivity index (χ0) is 20.7. The maximum absolute atomic E-state index is 13.0. The van der Waals surface area contributed by atoms with Crippen molar-refractivity contribution in [1.82, 2.24) is 4.90 Å². The van der Waals surface area contributed by atoms with E-state index < -0.39 is 11.7 Å². The number of carbonyl (C=O) groups excluding carboxylic acids is 2. The molecule has 5 nitrogen and oxygen atoms in total. The second kappa shape index (κ2) is 9.53. The van der Waals surface area contributed by atoms with Gasteiger partial charge in [-0.1, -0.05) is 19.1 Å². The number of nitrogens with zero attached hydrogens (tertiary/aromatic N) is 1. The molecule has 0 aliphatic rings. The lowest BCUT2D eigenvalue weighted by atomic mass is 10.1. The molecule has 0 aliphatic heterocycles. The molecular formula is C22H28FNO4. The van der Waals surface area contributed by atoms with Crippen LogP contribution in [0.4, 0.5) is 9.18 Å². The Hall–Kier alpha value is -2.63. The number of ketones is 1. The number of ether oxygens (including phenoxy) is 1. The number of furan rings is 1. The van der Waals surface area contributed by atoms with E-state index in [4.69, 9.17) is 9.15 Å². The summed E-state index contributed by atoms with van der Waals surface area (Å²) >= 11 is 0. The van der Waals surface area contributed by atoms with Crippen LogP contribution >= 0.6 is 0 Å². The molecule has 6 heteroatoms. The highest BCUT2D eigenvalue weighted by Crippen LogP contribution is 2.16. The van der Waals surface area contributed by atoms with Crippen LogP contribution in [0.1, 0.15) is 62.4 Å². The van der Waals surface area contributed by atoms with Gasteiger partial charge in [0.05, 0.1) is 0 Å². The van der Waals surface area contributed by atoms with E-state index in [9.17, 15) is 14.0 Å². The molecule has 0 saturated carbocycles. The minimum atomic E-state index is -0.580. The van der Waals surface area contributed by atoms with E-state index in [0.29, 0.717) is 18.7 Å². The van der Waals surface area contributed by atoms with E-state index in [1.807, 2.05) is 27.7 Å². The zero-order valence-corrected chi connectivity index (χ0v) is 17.0. The van der Waals surface area contributed by atoms with Crippen molar-refractivity contribution in [3.05, 3.63) is 59.3 Å². The van der Waals surface area contributed by atoms with Crippen molar-refractivity contribution in [3.8, 4) is 0 Å². The summed E-state index contributed by atoms with van der Waals surface area (Å²) in [4.78, 5) is 26.3. The van der Waals surface area contributed by atoms with Crippen LogP contribution in [0.2, 0.25) is 0 Å². The number of Topliss-reactive ketones (excluding diaryl/α,β-unsaturated/α-hetero) is 1. The van der Waals surface area contributed by atoms with Crippen LogP contribution in [0.25, 0.3) is 0 Å². The Morgan fingerprint density at radius 2 is 1.75 bits per heavy atom. The molecule has 0 bridgehead atoms. The van der Waals surface area contributed by atoms with Gasteiger partial charge in [-0.25, -0.2) is 9.18 Å². The minimum absolute atomic E-state index is 0.156. The van der Waals surface area contributed by atoms with Crippen LogP contribution in [-0.2, 0) is 11.2 Å². The number of rotatable bonds is 8. The Balaban J connectivity index is 1.93. The summed E-state index contributed by atoms with van der Waals surface area (Å²) in [7, 11) is 0. The molecule has 1 aromatic carbocycles. The third-order valence-electron chi connectivity index (χ3n) is 3.98. The molecule has 0 N–H and O–H groups in total. The predicted octanol–water partition coefficient (Wildman–Crippen LogP) is 5.23. The fourth-order valence-electron chi connectivity index (χ4n) is 2.68. The first kappa shape index (κ1) is 21.7. The maximum Gasteiger partial charge on any atom is 0.410 e. The average Bonchev–Trinajstić information content (AvgIpc) is 3.07. The van der Waals surface area contributed by atoms with Crippen molar-refractivity contribution < 1.29 is 23.1 Å². The Kier molecular flexibility index (Phi) is 7.38. The molecule has 0 fully saturated rings. The first-order chi connectivity index (χ1) is 13.2. The van der Waals surface area contributed by atoms with E-state index in [2.05, 4.69) is 0 Å². The largest absolute Gasteiger partial charge is 0.458 e. The third kappa shape index (κ3) is 6.83. The molecule has 0 aliphatic carbocycles. The van der Waals surface area contributed by atoms with Gasteiger partial charge in [-0.15, -0.1) is 0 Å². The highest BCUT2D eigenvalue weighted by molar-refractivity contribution is 5.93. The van der Waals surface area contributed by atoms with Gasteiger partial charge in [-0.3, -0.25) is 4.79 Å². The van der Waals surface area contributed by atoms with Crippen LogP contribution in [0.15, 0.2) is 40.8 Å². The third-order valence-corrected chi connectivity index (χ3v) is 3.98. The van der Waals surface area contributed by atoms with Crippen molar-refractivity contribution in [2.45, 2.75) is 52.6 Å². The zero-order valence-electron chi connectivity index (χ0n) is 17.0. The van der Waals surface area contributed by atoms with Gasteiger partial charge in [0.15, 0.2) is 11.5 Å². The Bertz CT molecular complexity index is 790. The van der Waals surface area contributed by atoms with E-state index in [1.54, 1.807) is 29.2 Å². The number of hydrogen-bond donors (Lipinski definition) is 0. The molecule has 0 radical (unpaired) electrons. The average molecular weight is 389 g/mol. The molecule has 0 spiro atoms. The fourth-order valence-corrected chi connectivity index (χ4v) is 2.68. The number of hydrogen-bond acceptors (Lipinski definition) is 4. The number of amides is 1. The summed E-state index contributed by atoms with van der Waals surface area (Å²) in [6, 6.07) is 9.53. The van der Waals surface area contributed by atoms with Gasteiger partial charge in [0.2, 0.25) is 0 Å². The summed E-state index contributed by atoms with van der Waals surface area (Å²) < 4.78 is 24.0. The SMILES string of the molecule is CCCN(CCC(=O)c1ccc(Cc2ccc(F)cc2)o1)C(=O)OC(C)(C)C. The molecule has 2 aromatic rings. The standard InChI is InChI=1S/C22H28FNO4/c1-5-13-24(21(26)28-22(2,3)4)14-12-19(25)20-11-10-18(27-20)15-16-6-8-17(23)9-7-16/h6-11H,5,12-15H2,1-4H3. The van der Waals surface area contributed by atoms with Gasteiger partial charge in [-0.05, 0) is 57.0 Å². The first-order valence-electron chi connectivity index (χ1n) is 9.52. The number of benzene rings is 1. The molecule has 28 heavy (non-hydrogen) atoms. The second-order valence-corrected chi connectivity index (χ2v) is 7.71. The Morgan fingerprint density at radius 1 is 1.07 bits per heavy atom. The fraction of sp³-hybridized carbons (Fsp3) is 0.455. The molecular weight excluding hydrogens is 361 g/mol. The van der Waals surface area contributed by atoms with Gasteiger partial charge in [-0.2, -0.15) is 0 Å². The van der Waals surface area contributed by atoms with E-state index in [1.165, 1.54) is 12.1 Å². The molecule has 152 valence electrons. The summed E-state index contributed by atoms with van der Waals surface area (Å²) in [6.45, 7) is 8.20. The number of halogens is 1. The first-order valence-corrected chi connectivity index (χ1v) is 9.52. The smallest absolute Gasteiger partial charge is 0.410 e. The van der Waals surface area contributed by atoms with Crippen LogP contribution < -0.4 is 0 Å². The summed E-state index contributed by atoms with van der Waals surface area (Å²) in [6.07, 6.45) is 0.991. The van der Waals surface area contributed by atoms with Crippen LogP contribution in [0, 0.1) is 5.82 Å². The van der Waals surface area contributed by atoms with Gasteiger partial charge in [0.1, 0.15) is 17.2 Å². The highest BCUT2D eigenvalue weighted by atomic mass is 19.1. The lowest BCUT2D eigenvalue weighted by Crippen LogP contribution is -2.38. The molecule has 1 amide bonds. The second-order valence-electron chi connectivity index (χ2n) is 7.71. The minimum Gasteiger partial charge on any atom is -0.458 e. The van der Waals surface area contributed by atoms with E-state index in [-0.39, 0.29) is 30.3 Å². The molecule has 2 rings (SSSR count). The summed E-state index contributed by atoms with van der Waals surface area (Å²) in [5, 5.41) is 0. The van der Waals surface area contributed by atoms with Gasteiger partial charge < -0.3 is 14.1 Å². The van der Waals surface area contributed by atoms with Crippen molar-refractivity contribution in [2.75, 3.05) is 13.1 Å². The molecule has 0 atom stereocenters. The summed E-state index contributed by atoms with van der Waals surface area (Å²) in [5.74, 6) is 0.431. The monoisotopic (exact) mass is 389 g/mol. The maximum atomic E-state index is 13.0. The predicted molar refractivity (Wildman–Crippen MR) is 105 cm³/mol. The molecule has 0 unspecified atom stereocenters. The Labute approximate surface area is 165 Å². The molecule has 1 aromatic heterocycles. The van der Waals surface area contributed by atoms with Crippen LogP contribution in [0.5, 0.6) is 0 Å². The lowest BCUT2D eigenvalue weighted by Gasteiger charge is -2.27. The van der Waals surface area contributed by atoms with E-state index >= 15 is 0 Å². The number of carbonyl (C=O) groups is 2. The van der Waals surface area contributed by atoms with Crippen LogP contribution in [0.3, 0.4) is 0 Å². The van der Waals surface area contributed by atoms with E-state index in [0.717, 1.165) is 12.0 Å². The van der Waals surface area contributed by atoms with Gasteiger partial charge >= 0.3 is 6.09 Å². The van der Waals surface area contributed by atoms with Crippen molar-refractivity contribution in [3.63, 3.8) is 0 Å². The summed E-state index contributed by atoms with van der Waals surface area (Å²) in [5.41, 5.74) is 0.317. The molecule has 0 saturated heterocycles. The van der Waals surface area contributed by atoms with Crippen molar-refractivity contribution in [2.24, 2.45) is 0 Å². The lowest BCUT2D eigenvalue weighted by molar-refractivity contribution is 0.0249.